The van der Waals surface area contributed by atoms with Gasteiger partial charge in [0.25, 0.3) is 0 Å². The Morgan fingerprint density at radius 1 is 1.33 bits per heavy atom. The average Bonchev–Trinajstić information content (AvgIpc) is 2.89. The number of nitrogens with zero attached hydrogens (tertiary/aromatic N) is 1. The highest BCUT2D eigenvalue weighted by molar-refractivity contribution is 7.15. The fourth-order valence-electron chi connectivity index (χ4n) is 2.15. The average molecular weight is 377 g/mol. The molecule has 0 bridgehead atoms. The highest BCUT2D eigenvalue weighted by Crippen LogP contribution is 2.35. The number of hydrogen-bond donors (Lipinski definition) is 1. The molecule has 130 valence electrons. The van der Waals surface area contributed by atoms with Gasteiger partial charge < -0.3 is 5.32 Å². The SMILES string of the molecule is Cc1cnc(NC(=O)CCCCc2ccc(Cl)c(C(F)(F)F)c2)s1. The van der Waals surface area contributed by atoms with Gasteiger partial charge in [-0.25, -0.2) is 4.98 Å². The first-order valence-corrected chi connectivity index (χ1v) is 8.53. The molecule has 0 aliphatic carbocycles. The second-order valence-corrected chi connectivity index (χ2v) is 6.99. The summed E-state index contributed by atoms with van der Waals surface area (Å²) in [5.74, 6) is -0.142. The van der Waals surface area contributed by atoms with E-state index < -0.39 is 11.7 Å². The van der Waals surface area contributed by atoms with Gasteiger partial charge >= 0.3 is 6.18 Å². The second kappa shape index (κ2) is 7.98. The maximum Gasteiger partial charge on any atom is 0.417 e. The van der Waals surface area contributed by atoms with Crippen LogP contribution in [0.1, 0.15) is 35.3 Å². The highest BCUT2D eigenvalue weighted by atomic mass is 35.5. The first-order chi connectivity index (χ1) is 11.3. The van der Waals surface area contributed by atoms with E-state index in [1.54, 1.807) is 12.3 Å². The number of nitrogens with one attached hydrogen (secondary N) is 1. The molecule has 8 heteroatoms. The predicted molar refractivity (Wildman–Crippen MR) is 89.5 cm³/mol. The van der Waals surface area contributed by atoms with Crippen LogP contribution in [0.2, 0.25) is 5.02 Å². The molecule has 2 aromatic rings. The standard InChI is InChI=1S/C16H16ClF3N2OS/c1-10-9-21-15(24-10)22-14(23)5-3-2-4-11-6-7-13(17)12(8-11)16(18,19)20/h6-9H,2-5H2,1H3,(H,21,22,23). The monoisotopic (exact) mass is 376 g/mol. The van der Waals surface area contributed by atoms with E-state index in [0.717, 1.165) is 10.9 Å². The number of hydrogen-bond acceptors (Lipinski definition) is 3. The summed E-state index contributed by atoms with van der Waals surface area (Å²) in [7, 11) is 0. The molecule has 3 nitrogen and oxygen atoms in total. The number of benzene rings is 1. The van der Waals surface area contributed by atoms with Gasteiger partial charge in [-0.15, -0.1) is 11.3 Å². The summed E-state index contributed by atoms with van der Waals surface area (Å²) in [5, 5.41) is 2.96. The Labute approximate surface area is 146 Å². The zero-order chi connectivity index (χ0) is 17.7. The van der Waals surface area contributed by atoms with Crippen LogP contribution >= 0.6 is 22.9 Å². The largest absolute Gasteiger partial charge is 0.417 e. The molecule has 0 saturated carbocycles. The van der Waals surface area contributed by atoms with Crippen molar-refractivity contribution in [3.63, 3.8) is 0 Å². The molecule has 1 aromatic carbocycles. The third kappa shape index (κ3) is 5.49. The fourth-order valence-corrected chi connectivity index (χ4v) is 3.06. The summed E-state index contributed by atoms with van der Waals surface area (Å²) < 4.78 is 38.4. The Morgan fingerprint density at radius 2 is 2.08 bits per heavy atom. The molecule has 1 heterocycles. The van der Waals surface area contributed by atoms with E-state index in [1.165, 1.54) is 17.4 Å². The Kier molecular flexibility index (Phi) is 6.23. The highest BCUT2D eigenvalue weighted by Gasteiger charge is 2.33. The fraction of sp³-hybridized carbons (Fsp3) is 0.375. The van der Waals surface area contributed by atoms with Gasteiger partial charge in [-0.3, -0.25) is 4.79 Å². The number of anilines is 1. The molecule has 1 aromatic heterocycles. The van der Waals surface area contributed by atoms with Gasteiger partial charge in [0.2, 0.25) is 5.91 Å². The van der Waals surface area contributed by atoms with Gasteiger partial charge in [0.15, 0.2) is 5.13 Å². The maximum atomic E-state index is 12.8. The van der Waals surface area contributed by atoms with Gasteiger partial charge in [0.05, 0.1) is 10.6 Å². The van der Waals surface area contributed by atoms with Crippen molar-refractivity contribution in [3.05, 3.63) is 45.4 Å². The van der Waals surface area contributed by atoms with Crippen molar-refractivity contribution in [2.24, 2.45) is 0 Å². The van der Waals surface area contributed by atoms with E-state index in [2.05, 4.69) is 10.3 Å². The summed E-state index contributed by atoms with van der Waals surface area (Å²) in [5.41, 5.74) is -0.263. The smallest absolute Gasteiger partial charge is 0.302 e. The molecule has 0 radical (unpaired) electrons. The van der Waals surface area contributed by atoms with Crippen LogP contribution in [-0.4, -0.2) is 10.9 Å². The van der Waals surface area contributed by atoms with Crippen LogP contribution in [0.4, 0.5) is 18.3 Å². The lowest BCUT2D eigenvalue weighted by Gasteiger charge is -2.11. The number of unbranched alkanes of at least 4 members (excludes halogenated alkanes) is 1. The lowest BCUT2D eigenvalue weighted by molar-refractivity contribution is -0.137. The number of amides is 1. The van der Waals surface area contributed by atoms with Gasteiger partial charge in [0, 0.05) is 17.5 Å². The topological polar surface area (TPSA) is 42.0 Å². The third-order valence-electron chi connectivity index (χ3n) is 3.32. The molecule has 0 fully saturated rings. The minimum absolute atomic E-state index is 0.142. The molecule has 0 atom stereocenters. The molecule has 24 heavy (non-hydrogen) atoms. The van der Waals surface area contributed by atoms with Gasteiger partial charge in [-0.1, -0.05) is 17.7 Å². The molecule has 0 unspecified atom stereocenters. The first kappa shape index (κ1) is 18.7. The van der Waals surface area contributed by atoms with E-state index in [9.17, 15) is 18.0 Å². The van der Waals surface area contributed by atoms with Crippen LogP contribution in [0.15, 0.2) is 24.4 Å². The van der Waals surface area contributed by atoms with E-state index in [0.29, 0.717) is 36.4 Å². The lowest BCUT2D eigenvalue weighted by Crippen LogP contribution is -2.11. The van der Waals surface area contributed by atoms with Crippen molar-refractivity contribution in [3.8, 4) is 0 Å². The number of carbonyl (C=O) groups is 1. The maximum absolute atomic E-state index is 12.8. The van der Waals surface area contributed by atoms with Gasteiger partial charge in [-0.2, -0.15) is 13.2 Å². The number of aromatic nitrogens is 1. The number of rotatable bonds is 6. The summed E-state index contributed by atoms with van der Waals surface area (Å²) in [4.78, 5) is 16.8. The summed E-state index contributed by atoms with van der Waals surface area (Å²) in [6.07, 6.45) is -0.816. The number of halogens is 4. The molecule has 0 aliphatic rings. The number of carbonyl (C=O) groups excluding carboxylic acids is 1. The Morgan fingerprint density at radius 3 is 2.71 bits per heavy atom. The van der Waals surface area contributed by atoms with Crippen LogP contribution in [0.5, 0.6) is 0 Å². The Hall–Kier alpha value is -1.60. The van der Waals surface area contributed by atoms with Crippen molar-refractivity contribution in [2.45, 2.75) is 38.8 Å². The molecule has 1 amide bonds. The molecular formula is C16H16ClF3N2OS. The molecular weight excluding hydrogens is 361 g/mol. The summed E-state index contributed by atoms with van der Waals surface area (Å²) in [6, 6.07) is 3.91. The van der Waals surface area contributed by atoms with Crippen molar-refractivity contribution >= 4 is 34.0 Å². The number of thiazole rings is 1. The number of aryl methyl sites for hydroxylation is 2. The van der Waals surface area contributed by atoms with E-state index in [1.807, 2.05) is 6.92 Å². The minimum atomic E-state index is -4.46. The van der Waals surface area contributed by atoms with Crippen LogP contribution in [0.25, 0.3) is 0 Å². The zero-order valence-electron chi connectivity index (χ0n) is 12.9. The Balaban J connectivity index is 1.79. The molecule has 0 aliphatic heterocycles. The quantitative estimate of drug-likeness (QED) is 0.679. The molecule has 0 saturated heterocycles. The zero-order valence-corrected chi connectivity index (χ0v) is 14.5. The van der Waals surface area contributed by atoms with Crippen molar-refractivity contribution in [1.29, 1.82) is 0 Å². The van der Waals surface area contributed by atoms with Crippen molar-refractivity contribution in [2.75, 3.05) is 5.32 Å². The van der Waals surface area contributed by atoms with Crippen LogP contribution in [-0.2, 0) is 17.4 Å². The molecule has 2 rings (SSSR count). The van der Waals surface area contributed by atoms with Crippen molar-refractivity contribution in [1.82, 2.24) is 4.98 Å². The van der Waals surface area contributed by atoms with Crippen LogP contribution in [0, 0.1) is 6.92 Å². The summed E-state index contributed by atoms with van der Waals surface area (Å²) >= 11 is 6.98. The Bertz CT molecular complexity index is 716. The third-order valence-corrected chi connectivity index (χ3v) is 4.48. The van der Waals surface area contributed by atoms with E-state index in [-0.39, 0.29) is 10.9 Å². The second-order valence-electron chi connectivity index (χ2n) is 5.34. The lowest BCUT2D eigenvalue weighted by atomic mass is 10.0. The van der Waals surface area contributed by atoms with Crippen LogP contribution in [0.3, 0.4) is 0 Å². The number of alkyl halides is 3. The van der Waals surface area contributed by atoms with Crippen LogP contribution < -0.4 is 5.32 Å². The van der Waals surface area contributed by atoms with E-state index in [4.69, 9.17) is 11.6 Å². The predicted octanol–water partition coefficient (Wildman–Crippen LogP) is 5.48. The van der Waals surface area contributed by atoms with E-state index >= 15 is 0 Å². The van der Waals surface area contributed by atoms with Crippen molar-refractivity contribution < 1.29 is 18.0 Å². The minimum Gasteiger partial charge on any atom is -0.302 e. The molecule has 0 spiro atoms. The summed E-state index contributed by atoms with van der Waals surface area (Å²) in [6.45, 7) is 1.90. The molecule has 1 N–H and O–H groups in total. The first-order valence-electron chi connectivity index (χ1n) is 7.33. The van der Waals surface area contributed by atoms with Gasteiger partial charge in [-0.05, 0) is 43.9 Å². The normalized spacial score (nSPS) is 11.5. The van der Waals surface area contributed by atoms with Gasteiger partial charge in [0.1, 0.15) is 0 Å².